The first-order chi connectivity index (χ1) is 11.9. The molecule has 8 atom stereocenters. The van der Waals surface area contributed by atoms with Crippen LogP contribution in [0.15, 0.2) is 0 Å². The van der Waals surface area contributed by atoms with Gasteiger partial charge in [0.2, 0.25) is 0 Å². The van der Waals surface area contributed by atoms with E-state index in [0.29, 0.717) is 16.7 Å². The minimum Gasteiger partial charge on any atom is -0.390 e. The highest BCUT2D eigenvalue weighted by Gasteiger charge is 2.60. The van der Waals surface area contributed by atoms with E-state index in [1.807, 2.05) is 0 Å². The second kappa shape index (κ2) is 5.98. The molecule has 0 radical (unpaired) electrons. The van der Waals surface area contributed by atoms with E-state index in [0.717, 1.165) is 49.4 Å². The van der Waals surface area contributed by atoms with Gasteiger partial charge in [0.15, 0.2) is 0 Å². The molecule has 140 valence electrons. The topological polar surface area (TPSA) is 44.0 Å². The third-order valence-electron chi connectivity index (χ3n) is 10.0. The summed E-state index contributed by atoms with van der Waals surface area (Å²) < 4.78 is 0. The standard InChI is InChI=1S/C23H37NO/c1-4-23(25)13-12-22(3)17(15-23)5-7-18-19-8-6-16(10-14-24)21(19,2)11-9-20(18)22/h16-20,25H,4-13,15H2,1-3H3/t16?,17-,18-,19-,20-,21+,22-,23-/m0/s1. The van der Waals surface area contributed by atoms with Gasteiger partial charge in [0.25, 0.3) is 0 Å². The lowest BCUT2D eigenvalue weighted by Gasteiger charge is -2.62. The molecule has 0 saturated heterocycles. The zero-order valence-electron chi connectivity index (χ0n) is 16.6. The first-order valence-corrected chi connectivity index (χ1v) is 11.0. The molecule has 25 heavy (non-hydrogen) atoms. The summed E-state index contributed by atoms with van der Waals surface area (Å²) in [6, 6.07) is 2.48. The maximum atomic E-state index is 10.9. The largest absolute Gasteiger partial charge is 0.390 e. The van der Waals surface area contributed by atoms with E-state index in [1.165, 1.54) is 44.9 Å². The van der Waals surface area contributed by atoms with Crippen LogP contribution in [0.1, 0.15) is 91.4 Å². The minimum absolute atomic E-state index is 0.383. The summed E-state index contributed by atoms with van der Waals surface area (Å²) in [5.74, 6) is 3.98. The molecule has 2 nitrogen and oxygen atoms in total. The molecule has 0 aliphatic heterocycles. The Morgan fingerprint density at radius 3 is 2.44 bits per heavy atom. The second-order valence-electron chi connectivity index (χ2n) is 10.6. The molecular formula is C23H37NO. The Bertz CT molecular complexity index is 567. The lowest BCUT2D eigenvalue weighted by Crippen LogP contribution is -2.55. The highest BCUT2D eigenvalue weighted by Crippen LogP contribution is 2.68. The summed E-state index contributed by atoms with van der Waals surface area (Å²) in [5.41, 5.74) is 0.503. The van der Waals surface area contributed by atoms with Crippen molar-refractivity contribution in [1.29, 1.82) is 5.26 Å². The molecule has 0 heterocycles. The number of rotatable bonds is 2. The number of fused-ring (bicyclic) bond motifs is 5. The van der Waals surface area contributed by atoms with Gasteiger partial charge in [-0.25, -0.2) is 0 Å². The van der Waals surface area contributed by atoms with Crippen LogP contribution in [0.2, 0.25) is 0 Å². The van der Waals surface area contributed by atoms with E-state index < -0.39 is 0 Å². The molecule has 0 amide bonds. The van der Waals surface area contributed by atoms with E-state index in [9.17, 15) is 10.4 Å². The van der Waals surface area contributed by atoms with Crippen molar-refractivity contribution in [2.75, 3.05) is 0 Å². The molecule has 0 spiro atoms. The van der Waals surface area contributed by atoms with Crippen molar-refractivity contribution in [2.24, 2.45) is 40.4 Å². The van der Waals surface area contributed by atoms with Gasteiger partial charge in [-0.3, -0.25) is 0 Å². The van der Waals surface area contributed by atoms with E-state index >= 15 is 0 Å². The van der Waals surface area contributed by atoms with Crippen molar-refractivity contribution in [3.63, 3.8) is 0 Å². The first kappa shape index (κ1) is 17.8. The second-order valence-corrected chi connectivity index (χ2v) is 10.6. The van der Waals surface area contributed by atoms with Gasteiger partial charge in [0.05, 0.1) is 11.7 Å². The molecular weight excluding hydrogens is 306 g/mol. The molecule has 0 aromatic rings. The van der Waals surface area contributed by atoms with E-state index in [2.05, 4.69) is 26.8 Å². The summed E-state index contributed by atoms with van der Waals surface area (Å²) in [5, 5.41) is 20.1. The summed E-state index contributed by atoms with van der Waals surface area (Å²) in [7, 11) is 0. The zero-order chi connectivity index (χ0) is 17.9. The zero-order valence-corrected chi connectivity index (χ0v) is 16.6. The summed E-state index contributed by atoms with van der Waals surface area (Å²) in [4.78, 5) is 0. The number of hydrogen-bond acceptors (Lipinski definition) is 2. The predicted molar refractivity (Wildman–Crippen MR) is 101 cm³/mol. The Morgan fingerprint density at radius 2 is 1.72 bits per heavy atom. The number of nitrogens with zero attached hydrogens (tertiary/aromatic N) is 1. The fourth-order valence-electron chi connectivity index (χ4n) is 8.20. The molecule has 4 rings (SSSR count). The quantitative estimate of drug-likeness (QED) is 0.699. The Hall–Kier alpha value is -0.550. The number of hydrogen-bond donors (Lipinski definition) is 1. The van der Waals surface area contributed by atoms with Crippen molar-refractivity contribution in [3.05, 3.63) is 0 Å². The molecule has 4 saturated carbocycles. The average molecular weight is 344 g/mol. The third kappa shape index (κ3) is 2.52. The van der Waals surface area contributed by atoms with Crippen molar-refractivity contribution in [3.8, 4) is 6.07 Å². The Labute approximate surface area is 154 Å². The minimum atomic E-state index is -0.383. The Morgan fingerprint density at radius 1 is 0.960 bits per heavy atom. The summed E-state index contributed by atoms with van der Waals surface area (Å²) in [6.07, 6.45) is 13.0. The van der Waals surface area contributed by atoms with Crippen LogP contribution in [0.3, 0.4) is 0 Å². The summed E-state index contributed by atoms with van der Waals surface area (Å²) in [6.45, 7) is 7.26. The molecule has 4 fully saturated rings. The maximum absolute atomic E-state index is 10.9. The fraction of sp³-hybridized carbons (Fsp3) is 0.957. The highest BCUT2D eigenvalue weighted by atomic mass is 16.3. The summed E-state index contributed by atoms with van der Waals surface area (Å²) >= 11 is 0. The highest BCUT2D eigenvalue weighted by molar-refractivity contribution is 5.11. The van der Waals surface area contributed by atoms with E-state index in [1.54, 1.807) is 0 Å². The van der Waals surface area contributed by atoms with Gasteiger partial charge in [0.1, 0.15) is 0 Å². The van der Waals surface area contributed by atoms with Crippen LogP contribution >= 0.6 is 0 Å². The monoisotopic (exact) mass is 343 g/mol. The molecule has 4 aliphatic carbocycles. The van der Waals surface area contributed by atoms with Crippen molar-refractivity contribution in [1.82, 2.24) is 0 Å². The van der Waals surface area contributed by atoms with Crippen LogP contribution in [0.5, 0.6) is 0 Å². The first-order valence-electron chi connectivity index (χ1n) is 11.0. The molecule has 1 N–H and O–H groups in total. The molecule has 0 aromatic heterocycles. The van der Waals surface area contributed by atoms with Gasteiger partial charge in [-0.1, -0.05) is 20.8 Å². The van der Waals surface area contributed by atoms with Crippen LogP contribution in [0.25, 0.3) is 0 Å². The van der Waals surface area contributed by atoms with Crippen LogP contribution < -0.4 is 0 Å². The van der Waals surface area contributed by atoms with Crippen molar-refractivity contribution in [2.45, 2.75) is 97.0 Å². The average Bonchev–Trinajstić information content (AvgIpc) is 2.93. The molecule has 0 bridgehead atoms. The van der Waals surface area contributed by atoms with Crippen molar-refractivity contribution >= 4 is 0 Å². The van der Waals surface area contributed by atoms with E-state index in [4.69, 9.17) is 0 Å². The maximum Gasteiger partial charge on any atom is 0.0648 e. The van der Waals surface area contributed by atoms with Gasteiger partial charge < -0.3 is 5.11 Å². The van der Waals surface area contributed by atoms with Crippen LogP contribution in [0, 0.1) is 51.8 Å². The smallest absolute Gasteiger partial charge is 0.0648 e. The number of aliphatic hydroxyl groups is 1. The Balaban J connectivity index is 1.57. The van der Waals surface area contributed by atoms with Gasteiger partial charge in [-0.15, -0.1) is 0 Å². The lowest BCUT2D eigenvalue weighted by molar-refractivity contribution is -0.151. The third-order valence-corrected chi connectivity index (χ3v) is 10.0. The Kier molecular flexibility index (Phi) is 4.27. The van der Waals surface area contributed by atoms with E-state index in [-0.39, 0.29) is 5.60 Å². The molecule has 2 heteroatoms. The van der Waals surface area contributed by atoms with Gasteiger partial charge in [-0.2, -0.15) is 5.26 Å². The number of nitriles is 1. The SMILES string of the molecule is CC[C@]1(O)CC[C@@]2(C)[C@@H](CC[C@@H]3[C@@H]2CC[C@]2(C)C(CC#N)CC[C@@H]32)C1. The van der Waals surface area contributed by atoms with Crippen LogP contribution in [-0.2, 0) is 0 Å². The van der Waals surface area contributed by atoms with Crippen molar-refractivity contribution < 1.29 is 5.11 Å². The molecule has 0 aromatic carbocycles. The van der Waals surface area contributed by atoms with Gasteiger partial charge >= 0.3 is 0 Å². The lowest BCUT2D eigenvalue weighted by atomic mass is 9.43. The molecule has 1 unspecified atom stereocenters. The van der Waals surface area contributed by atoms with Gasteiger partial charge in [0, 0.05) is 6.42 Å². The van der Waals surface area contributed by atoms with Gasteiger partial charge in [-0.05, 0) is 105 Å². The normalized spacial score (nSPS) is 54.9. The van der Waals surface area contributed by atoms with Crippen LogP contribution in [-0.4, -0.2) is 10.7 Å². The fourth-order valence-corrected chi connectivity index (χ4v) is 8.20. The molecule has 4 aliphatic rings. The van der Waals surface area contributed by atoms with Crippen LogP contribution in [0.4, 0.5) is 0 Å². The predicted octanol–water partition coefficient (Wildman–Crippen LogP) is 5.70.